The molecule has 1 aliphatic carbocycles. The number of carbonyl (C=O) groups excluding carboxylic acids is 1. The number of benzene rings is 1. The van der Waals surface area contributed by atoms with Crippen molar-refractivity contribution < 1.29 is 4.79 Å². The molecule has 0 saturated heterocycles. The molecule has 1 atom stereocenters. The van der Waals surface area contributed by atoms with E-state index < -0.39 is 16.5 Å². The lowest BCUT2D eigenvalue weighted by Gasteiger charge is -2.44. The first kappa shape index (κ1) is 14.5. The molecule has 0 aromatic heterocycles. The highest BCUT2D eigenvalue weighted by Crippen LogP contribution is 2.46. The molecule has 0 saturated carbocycles. The Morgan fingerprint density at radius 1 is 1.21 bits per heavy atom. The Bertz CT molecular complexity index is 587. The molecule has 0 amide bonds. The van der Waals surface area contributed by atoms with Crippen molar-refractivity contribution in [3.8, 4) is 0 Å². The summed E-state index contributed by atoms with van der Waals surface area (Å²) in [4.78, 5) is 12.3. The van der Waals surface area contributed by atoms with Crippen molar-refractivity contribution in [3.63, 3.8) is 0 Å². The molecule has 2 N–H and O–H groups in total. The van der Waals surface area contributed by atoms with Gasteiger partial charge in [-0.1, -0.05) is 40.5 Å². The van der Waals surface area contributed by atoms with E-state index in [0.29, 0.717) is 10.6 Å². The lowest BCUT2D eigenvalue weighted by Crippen LogP contribution is -2.52. The molecule has 2 rings (SSSR count). The molecule has 0 bridgehead atoms. The van der Waals surface area contributed by atoms with Crippen LogP contribution in [0.15, 0.2) is 35.2 Å². The number of hydrogen-bond acceptors (Lipinski definition) is 2. The Kier molecular flexibility index (Phi) is 3.53. The second kappa shape index (κ2) is 4.60. The lowest BCUT2D eigenvalue weighted by atomic mass is 9.38. The van der Waals surface area contributed by atoms with Gasteiger partial charge >= 0.3 is 0 Å². The molecule has 0 spiro atoms. The molecule has 8 radical (unpaired) electrons. The quantitative estimate of drug-likeness (QED) is 0.746. The minimum atomic E-state index is -1.48. The topological polar surface area (TPSA) is 43.1 Å². The molecule has 1 aromatic rings. The van der Waals surface area contributed by atoms with Crippen LogP contribution in [-0.4, -0.2) is 37.2 Å². The van der Waals surface area contributed by atoms with Crippen molar-refractivity contribution in [3.05, 3.63) is 45.8 Å². The van der Waals surface area contributed by atoms with Crippen LogP contribution >= 0.6 is 11.6 Å². The zero-order valence-corrected chi connectivity index (χ0v) is 10.9. The summed E-state index contributed by atoms with van der Waals surface area (Å²) in [6, 6.07) is 6.72. The predicted molar refractivity (Wildman–Crippen MR) is 79.7 cm³/mol. The van der Waals surface area contributed by atoms with Crippen molar-refractivity contribution >= 4 is 48.8 Å². The second-order valence-electron chi connectivity index (χ2n) is 4.82. The summed E-state index contributed by atoms with van der Waals surface area (Å²) in [5.74, 6) is -0.523. The predicted octanol–water partition coefficient (Wildman–Crippen LogP) is 0.469. The maximum absolute atomic E-state index is 12.3. The van der Waals surface area contributed by atoms with E-state index in [2.05, 4.69) is 0 Å². The Labute approximate surface area is 122 Å². The maximum atomic E-state index is 12.3. The van der Waals surface area contributed by atoms with Crippen LogP contribution in [0.1, 0.15) is 12.0 Å². The molecule has 19 heavy (non-hydrogen) atoms. The Morgan fingerprint density at radius 2 is 1.79 bits per heavy atom. The first-order chi connectivity index (χ1) is 8.70. The maximum Gasteiger partial charge on any atom is 0.172 e. The van der Waals surface area contributed by atoms with Crippen LogP contribution in [-0.2, 0) is 10.3 Å². The molecular formula is C12H8B4ClNO. The lowest BCUT2D eigenvalue weighted by molar-refractivity contribution is -0.121. The summed E-state index contributed by atoms with van der Waals surface area (Å²) >= 11 is 6.09. The monoisotopic (exact) mass is 261 g/mol. The molecule has 7 heteroatoms. The molecule has 1 aliphatic rings. The Hall–Kier alpha value is -0.860. The third-order valence-electron chi connectivity index (χ3n) is 3.37. The molecule has 0 fully saturated rings. The summed E-state index contributed by atoms with van der Waals surface area (Å²) in [5.41, 5.74) is 4.88. The molecule has 86 valence electrons. The average Bonchev–Trinajstić information content (AvgIpc) is 2.34. The first-order valence-electron chi connectivity index (χ1n) is 5.62. The number of nitrogens with two attached hydrogens (primary N) is 1. The van der Waals surface area contributed by atoms with E-state index in [4.69, 9.17) is 48.7 Å². The van der Waals surface area contributed by atoms with E-state index in [1.807, 2.05) is 0 Å². The zero-order valence-electron chi connectivity index (χ0n) is 10.2. The van der Waals surface area contributed by atoms with Gasteiger partial charge in [-0.15, -0.1) is 5.47 Å². The van der Waals surface area contributed by atoms with Gasteiger partial charge in [-0.25, -0.2) is 0 Å². The Balaban J connectivity index is 2.64. The number of rotatable bonds is 1. The van der Waals surface area contributed by atoms with Gasteiger partial charge in [0, 0.05) is 5.02 Å². The van der Waals surface area contributed by atoms with E-state index >= 15 is 0 Å². The SMILES string of the molecule is [B]C1=C([B])C([B])([B])CC(N)(c2ccccc2Cl)C1=O. The summed E-state index contributed by atoms with van der Waals surface area (Å²) in [6.07, 6.45) is -0.0743. The van der Waals surface area contributed by atoms with Gasteiger partial charge in [-0.05, 0) is 18.1 Å². The van der Waals surface area contributed by atoms with Crippen LogP contribution in [0.5, 0.6) is 0 Å². The number of Topliss-reactive ketones (excluding diaryl/α,β-unsaturated/α-hetero) is 1. The minimum absolute atomic E-state index is 0.0503. The molecule has 0 aliphatic heterocycles. The van der Waals surface area contributed by atoms with Crippen molar-refractivity contribution in [2.45, 2.75) is 17.2 Å². The van der Waals surface area contributed by atoms with Crippen LogP contribution < -0.4 is 5.73 Å². The van der Waals surface area contributed by atoms with Gasteiger partial charge in [-0.2, -0.15) is 0 Å². The van der Waals surface area contributed by atoms with E-state index in [0.717, 1.165) is 0 Å². The molecule has 1 unspecified atom stereocenters. The zero-order chi connectivity index (χ0) is 14.4. The van der Waals surface area contributed by atoms with Gasteiger partial charge in [0.05, 0.1) is 15.7 Å². The van der Waals surface area contributed by atoms with E-state index in [1.165, 1.54) is 0 Å². The summed E-state index contributed by atoms with van der Waals surface area (Å²) in [6.45, 7) is 0. The molecule has 1 aromatic carbocycles. The number of carbonyl (C=O) groups is 1. The van der Waals surface area contributed by atoms with Crippen LogP contribution in [0.3, 0.4) is 0 Å². The number of halogens is 1. The van der Waals surface area contributed by atoms with Crippen molar-refractivity contribution in [1.29, 1.82) is 0 Å². The summed E-state index contributed by atoms with van der Waals surface area (Å²) in [7, 11) is 23.1. The fourth-order valence-electron chi connectivity index (χ4n) is 2.29. The van der Waals surface area contributed by atoms with Gasteiger partial charge in [0.25, 0.3) is 0 Å². The summed E-state index contributed by atoms with van der Waals surface area (Å²) < 4.78 is 0. The number of allylic oxidation sites excluding steroid dienone is 1. The fraction of sp³-hybridized carbons (Fsp3) is 0.250. The van der Waals surface area contributed by atoms with Crippen LogP contribution in [0, 0.1) is 0 Å². The molecule has 2 nitrogen and oxygen atoms in total. The van der Waals surface area contributed by atoms with Gasteiger partial charge in [0.1, 0.15) is 21.2 Å². The fourth-order valence-corrected chi connectivity index (χ4v) is 2.60. The van der Waals surface area contributed by atoms with E-state index in [1.54, 1.807) is 24.3 Å². The average molecular weight is 261 g/mol. The smallest absolute Gasteiger partial charge is 0.172 e. The second-order valence-corrected chi connectivity index (χ2v) is 5.23. The van der Waals surface area contributed by atoms with Crippen LogP contribution in [0.25, 0.3) is 0 Å². The van der Waals surface area contributed by atoms with Gasteiger partial charge in [-0.3, -0.25) is 4.79 Å². The largest absolute Gasteiger partial charge is 0.315 e. The van der Waals surface area contributed by atoms with Gasteiger partial charge in [0.15, 0.2) is 5.78 Å². The normalized spacial score (nSPS) is 26.5. The molecular weight excluding hydrogens is 253 g/mol. The number of ketones is 1. The van der Waals surface area contributed by atoms with E-state index in [9.17, 15) is 4.79 Å². The van der Waals surface area contributed by atoms with Gasteiger partial charge < -0.3 is 5.73 Å². The van der Waals surface area contributed by atoms with Crippen LogP contribution in [0.4, 0.5) is 0 Å². The van der Waals surface area contributed by atoms with Crippen molar-refractivity contribution in [2.24, 2.45) is 5.73 Å². The highest BCUT2D eigenvalue weighted by atomic mass is 35.5. The highest BCUT2D eigenvalue weighted by Gasteiger charge is 2.46. The summed E-state index contributed by atoms with van der Waals surface area (Å²) in [5, 5.41) is -1.10. The minimum Gasteiger partial charge on any atom is -0.315 e. The highest BCUT2D eigenvalue weighted by molar-refractivity contribution is 6.54. The third-order valence-corrected chi connectivity index (χ3v) is 3.70. The van der Waals surface area contributed by atoms with Crippen LogP contribution in [0.2, 0.25) is 10.2 Å². The molecule has 0 heterocycles. The Morgan fingerprint density at radius 3 is 2.37 bits per heavy atom. The third kappa shape index (κ3) is 2.21. The first-order valence-corrected chi connectivity index (χ1v) is 6.00. The van der Waals surface area contributed by atoms with Crippen molar-refractivity contribution in [2.75, 3.05) is 0 Å². The van der Waals surface area contributed by atoms with Gasteiger partial charge in [0.2, 0.25) is 0 Å². The standard InChI is InChI=1S/C12H8B4ClNO/c13-8-9(14)12(15,16)5-11(18,10(8)19)6-3-1-2-4-7(6)17/h1-4H,5,18H2. The van der Waals surface area contributed by atoms with Crippen molar-refractivity contribution in [1.82, 2.24) is 0 Å². The van der Waals surface area contributed by atoms with E-state index in [-0.39, 0.29) is 17.4 Å². The number of hydrogen-bond donors (Lipinski definition) is 1.